The molecule has 30 heavy (non-hydrogen) atoms. The molecule has 1 atom stereocenters. The van der Waals surface area contributed by atoms with Gasteiger partial charge >= 0.3 is 0 Å². The molecule has 1 saturated heterocycles. The highest BCUT2D eigenvalue weighted by Crippen LogP contribution is 2.28. The summed E-state index contributed by atoms with van der Waals surface area (Å²) in [5.74, 6) is 1.79. The molecule has 4 rings (SSSR count). The average molecular weight is 403 g/mol. The van der Waals surface area contributed by atoms with Crippen LogP contribution in [-0.4, -0.2) is 40.8 Å². The van der Waals surface area contributed by atoms with E-state index < -0.39 is 0 Å². The second kappa shape index (κ2) is 7.88. The quantitative estimate of drug-likeness (QED) is 0.625. The molecule has 1 fully saturated rings. The first-order chi connectivity index (χ1) is 14.4. The maximum atomic E-state index is 7.38. The monoisotopic (exact) mass is 402 g/mol. The van der Waals surface area contributed by atoms with E-state index in [0.717, 1.165) is 46.8 Å². The molecule has 154 valence electrons. The minimum Gasteiger partial charge on any atom is -0.378 e. The number of hydrogen-bond acceptors (Lipinski definition) is 5. The standard InChI is InChI=1S/C23H26N6O/c1-14-18(8-7-9-20(14)24-4)15(2)26-23-19-10-22(29-12-17(13-29)30-6)25-11-21(19)28(5)16(3)27-23/h7-11,15,17H,12-13H2,1-3,5-6H3/t15-/m1/s1. The Hall–Kier alpha value is -3.24. The molecule has 1 aromatic carbocycles. The fourth-order valence-corrected chi connectivity index (χ4v) is 3.86. The van der Waals surface area contributed by atoms with Crippen molar-refractivity contribution in [3.8, 4) is 0 Å². The van der Waals surface area contributed by atoms with Crippen LogP contribution in [0.15, 0.2) is 35.5 Å². The topological polar surface area (TPSA) is 59.9 Å². The summed E-state index contributed by atoms with van der Waals surface area (Å²) in [6, 6.07) is 7.75. The molecular weight excluding hydrogens is 376 g/mol. The summed E-state index contributed by atoms with van der Waals surface area (Å²) < 4.78 is 7.43. The molecule has 0 aliphatic carbocycles. The van der Waals surface area contributed by atoms with E-state index >= 15 is 0 Å². The van der Waals surface area contributed by atoms with E-state index in [1.54, 1.807) is 7.11 Å². The summed E-state index contributed by atoms with van der Waals surface area (Å²) in [5, 5.41) is 0.972. The summed E-state index contributed by atoms with van der Waals surface area (Å²) in [6.45, 7) is 15.1. The number of aromatic nitrogens is 3. The zero-order valence-corrected chi connectivity index (χ0v) is 18.0. The van der Waals surface area contributed by atoms with Gasteiger partial charge in [0.15, 0.2) is 11.2 Å². The van der Waals surface area contributed by atoms with Crippen molar-refractivity contribution in [1.82, 2.24) is 14.5 Å². The predicted molar refractivity (Wildman–Crippen MR) is 118 cm³/mol. The van der Waals surface area contributed by atoms with Crippen molar-refractivity contribution in [3.63, 3.8) is 0 Å². The molecule has 0 unspecified atom stereocenters. The van der Waals surface area contributed by atoms with Gasteiger partial charge in [-0.05, 0) is 38.0 Å². The molecule has 7 nitrogen and oxygen atoms in total. The van der Waals surface area contributed by atoms with Gasteiger partial charge in [0.1, 0.15) is 11.6 Å². The van der Waals surface area contributed by atoms with Gasteiger partial charge in [0.25, 0.3) is 0 Å². The minimum absolute atomic E-state index is 0.118. The largest absolute Gasteiger partial charge is 0.378 e. The first-order valence-corrected chi connectivity index (χ1v) is 10.0. The number of pyridine rings is 1. The summed E-state index contributed by atoms with van der Waals surface area (Å²) in [7, 11) is 3.74. The van der Waals surface area contributed by atoms with Gasteiger partial charge in [0.2, 0.25) is 0 Å². The van der Waals surface area contributed by atoms with Crippen LogP contribution >= 0.6 is 0 Å². The van der Waals surface area contributed by atoms with E-state index in [1.807, 2.05) is 56.8 Å². The van der Waals surface area contributed by atoms with E-state index in [1.165, 1.54) is 0 Å². The summed E-state index contributed by atoms with van der Waals surface area (Å²) in [5.41, 5.74) is 4.38. The molecule has 2 aromatic heterocycles. The van der Waals surface area contributed by atoms with Gasteiger partial charge in [-0.2, -0.15) is 0 Å². The van der Waals surface area contributed by atoms with Gasteiger partial charge in [-0.1, -0.05) is 18.2 Å². The number of fused-ring (bicyclic) bond motifs is 1. The van der Waals surface area contributed by atoms with E-state index in [0.29, 0.717) is 11.2 Å². The first-order valence-electron chi connectivity index (χ1n) is 10.0. The van der Waals surface area contributed by atoms with Crippen molar-refractivity contribution in [3.05, 3.63) is 64.3 Å². The van der Waals surface area contributed by atoms with Crippen molar-refractivity contribution in [2.45, 2.75) is 32.9 Å². The second-order valence-corrected chi connectivity index (χ2v) is 7.77. The number of benzene rings is 1. The molecule has 0 amide bonds. The Kier molecular flexibility index (Phi) is 5.27. The summed E-state index contributed by atoms with van der Waals surface area (Å²) in [6.07, 6.45) is 2.16. The Morgan fingerprint density at radius 1 is 1.30 bits per heavy atom. The van der Waals surface area contributed by atoms with Gasteiger partial charge < -0.3 is 14.2 Å². The lowest BCUT2D eigenvalue weighted by molar-refractivity contribution is 0.0783. The van der Waals surface area contributed by atoms with E-state index in [-0.39, 0.29) is 12.1 Å². The first kappa shape index (κ1) is 20.0. The third-order valence-corrected chi connectivity index (χ3v) is 5.96. The van der Waals surface area contributed by atoms with E-state index in [9.17, 15) is 0 Å². The molecule has 3 aromatic rings. The fraction of sp³-hybridized carbons (Fsp3) is 0.391. The van der Waals surface area contributed by atoms with Crippen LogP contribution in [0.5, 0.6) is 0 Å². The van der Waals surface area contributed by atoms with Crippen LogP contribution < -0.4 is 10.4 Å². The second-order valence-electron chi connectivity index (χ2n) is 7.77. The Balaban J connectivity index is 1.83. The molecule has 0 saturated carbocycles. The molecule has 3 heterocycles. The van der Waals surface area contributed by atoms with Crippen LogP contribution in [0.1, 0.15) is 29.9 Å². The third-order valence-electron chi connectivity index (χ3n) is 5.96. The summed E-state index contributed by atoms with van der Waals surface area (Å²) >= 11 is 0. The van der Waals surface area contributed by atoms with Crippen LogP contribution in [0.25, 0.3) is 15.7 Å². The Labute approximate surface area is 176 Å². The molecule has 0 spiro atoms. The van der Waals surface area contributed by atoms with Crippen molar-refractivity contribution >= 4 is 22.4 Å². The number of ether oxygens (including phenoxy) is 1. The van der Waals surface area contributed by atoms with Gasteiger partial charge in [0, 0.05) is 32.6 Å². The van der Waals surface area contributed by atoms with Crippen LogP contribution in [0.3, 0.4) is 0 Å². The molecule has 0 bridgehead atoms. The summed E-state index contributed by atoms with van der Waals surface area (Å²) in [4.78, 5) is 20.2. The normalized spacial score (nSPS) is 15.9. The number of methoxy groups -OCH3 is 1. The van der Waals surface area contributed by atoms with Crippen LogP contribution in [-0.2, 0) is 11.8 Å². The molecule has 0 N–H and O–H groups in total. The molecule has 7 heteroatoms. The maximum Gasteiger partial charge on any atom is 0.190 e. The Morgan fingerprint density at radius 2 is 2.07 bits per heavy atom. The SMILES string of the molecule is [C-]#[N+]c1cccc([C@@H](C)N=c2nc(C)n(C)c3cnc(N4CC(OC)C4)cc23)c1C. The number of aryl methyl sites for hydroxylation is 2. The lowest BCUT2D eigenvalue weighted by Gasteiger charge is -2.39. The zero-order chi connectivity index (χ0) is 21.4. The van der Waals surface area contributed by atoms with Crippen LogP contribution in [0.2, 0.25) is 0 Å². The van der Waals surface area contributed by atoms with Gasteiger partial charge in [-0.15, -0.1) is 0 Å². The van der Waals surface area contributed by atoms with Crippen LogP contribution in [0, 0.1) is 20.4 Å². The van der Waals surface area contributed by atoms with Gasteiger partial charge in [-0.25, -0.2) is 14.8 Å². The molecular formula is C23H26N6O. The van der Waals surface area contributed by atoms with E-state index in [4.69, 9.17) is 21.3 Å². The average Bonchev–Trinajstić information content (AvgIpc) is 2.71. The highest BCUT2D eigenvalue weighted by Gasteiger charge is 2.27. The minimum atomic E-state index is -0.118. The smallest absolute Gasteiger partial charge is 0.190 e. The van der Waals surface area contributed by atoms with Crippen molar-refractivity contribution < 1.29 is 4.74 Å². The molecule has 1 aliphatic rings. The van der Waals surface area contributed by atoms with Gasteiger partial charge in [-0.3, -0.25) is 4.99 Å². The maximum absolute atomic E-state index is 7.38. The lowest BCUT2D eigenvalue weighted by Crippen LogP contribution is -2.52. The van der Waals surface area contributed by atoms with Crippen molar-refractivity contribution in [2.75, 3.05) is 25.1 Å². The van der Waals surface area contributed by atoms with Crippen molar-refractivity contribution in [1.29, 1.82) is 0 Å². The lowest BCUT2D eigenvalue weighted by atomic mass is 10.0. The number of rotatable bonds is 4. The number of hydrogen-bond donors (Lipinski definition) is 0. The molecule has 1 aliphatic heterocycles. The van der Waals surface area contributed by atoms with Crippen molar-refractivity contribution in [2.24, 2.45) is 12.0 Å². The predicted octanol–water partition coefficient (Wildman–Crippen LogP) is 3.63. The number of anilines is 1. The van der Waals surface area contributed by atoms with Gasteiger partial charge in [0.05, 0.1) is 30.4 Å². The van der Waals surface area contributed by atoms with E-state index in [2.05, 4.69) is 20.8 Å². The Bertz CT molecular complexity index is 1220. The third kappa shape index (κ3) is 3.44. The zero-order valence-electron chi connectivity index (χ0n) is 18.0. The Morgan fingerprint density at radius 3 is 2.77 bits per heavy atom. The number of nitrogens with zero attached hydrogens (tertiary/aromatic N) is 6. The molecule has 0 radical (unpaired) electrons. The highest BCUT2D eigenvalue weighted by atomic mass is 16.5. The highest BCUT2D eigenvalue weighted by molar-refractivity contribution is 5.80. The van der Waals surface area contributed by atoms with Crippen LogP contribution in [0.4, 0.5) is 11.5 Å². The fourth-order valence-electron chi connectivity index (χ4n) is 3.86.